The van der Waals surface area contributed by atoms with Crippen LogP contribution in [-0.4, -0.2) is 22.3 Å². The van der Waals surface area contributed by atoms with Gasteiger partial charge in [0, 0.05) is 5.56 Å². The van der Waals surface area contributed by atoms with Crippen molar-refractivity contribution in [2.75, 3.05) is 0 Å². The number of hydrogen-bond donors (Lipinski definition) is 3. The van der Waals surface area contributed by atoms with E-state index >= 15 is 0 Å². The van der Waals surface area contributed by atoms with Crippen molar-refractivity contribution in [3.05, 3.63) is 59.4 Å². The molecule has 0 aliphatic heterocycles. The zero-order chi connectivity index (χ0) is 16.4. The number of aromatic hydroxyl groups is 2. The lowest BCUT2D eigenvalue weighted by Gasteiger charge is -1.98. The van der Waals surface area contributed by atoms with Gasteiger partial charge in [0.05, 0.1) is 11.6 Å². The van der Waals surface area contributed by atoms with Crippen LogP contribution in [0.25, 0.3) is 11.0 Å². The highest BCUT2D eigenvalue weighted by molar-refractivity contribution is 6.00. The number of aryl methyl sites for hydroxylation is 1. The van der Waals surface area contributed by atoms with Crippen LogP contribution in [0.2, 0.25) is 0 Å². The normalized spacial score (nSPS) is 11.2. The molecule has 0 aliphatic rings. The van der Waals surface area contributed by atoms with Crippen molar-refractivity contribution >= 4 is 23.1 Å². The topological polar surface area (TPSA) is 95.1 Å². The van der Waals surface area contributed by atoms with Crippen molar-refractivity contribution in [3.8, 4) is 11.5 Å². The lowest BCUT2D eigenvalue weighted by molar-refractivity contribution is 0.0929. The minimum Gasteiger partial charge on any atom is -0.508 e. The summed E-state index contributed by atoms with van der Waals surface area (Å²) in [5.74, 6) is -0.184. The molecule has 1 aromatic heterocycles. The molecule has 1 amide bonds. The van der Waals surface area contributed by atoms with Gasteiger partial charge in [-0.25, -0.2) is 5.43 Å². The fourth-order valence-corrected chi connectivity index (χ4v) is 2.27. The SMILES string of the molecule is Cc1c(C(=O)NN=Cc2ccc(O)cc2)oc2cccc(O)c12. The average molecular weight is 310 g/mol. The van der Waals surface area contributed by atoms with Crippen LogP contribution in [0.5, 0.6) is 11.5 Å². The van der Waals surface area contributed by atoms with Gasteiger partial charge in [0.25, 0.3) is 0 Å². The van der Waals surface area contributed by atoms with Crippen molar-refractivity contribution in [2.24, 2.45) is 5.10 Å². The van der Waals surface area contributed by atoms with E-state index in [-0.39, 0.29) is 17.3 Å². The number of nitrogens with zero attached hydrogens (tertiary/aromatic N) is 1. The minimum absolute atomic E-state index is 0.0652. The standard InChI is InChI=1S/C17H14N2O4/c1-10-15-13(21)3-2-4-14(15)23-16(10)17(22)19-18-9-11-5-7-12(20)8-6-11/h2-9,20-21H,1H3,(H,19,22). The Labute approximate surface area is 131 Å². The molecule has 0 atom stereocenters. The second kappa shape index (κ2) is 5.84. The number of fused-ring (bicyclic) bond motifs is 1. The van der Waals surface area contributed by atoms with Gasteiger partial charge in [0.15, 0.2) is 5.76 Å². The third-order valence-electron chi connectivity index (χ3n) is 3.41. The Morgan fingerprint density at radius 3 is 2.61 bits per heavy atom. The molecule has 0 unspecified atom stereocenters. The first-order chi connectivity index (χ1) is 11.1. The number of furan rings is 1. The van der Waals surface area contributed by atoms with Gasteiger partial charge in [-0.3, -0.25) is 4.79 Å². The summed E-state index contributed by atoms with van der Waals surface area (Å²) in [6, 6.07) is 11.2. The van der Waals surface area contributed by atoms with E-state index in [1.54, 1.807) is 31.2 Å². The van der Waals surface area contributed by atoms with E-state index in [1.807, 2.05) is 0 Å². The van der Waals surface area contributed by atoms with Crippen LogP contribution in [0, 0.1) is 6.92 Å². The van der Waals surface area contributed by atoms with E-state index in [0.29, 0.717) is 16.5 Å². The van der Waals surface area contributed by atoms with Crippen LogP contribution in [0.4, 0.5) is 0 Å². The summed E-state index contributed by atoms with van der Waals surface area (Å²) < 4.78 is 5.48. The molecule has 3 rings (SSSR count). The Hall–Kier alpha value is -3.28. The molecule has 0 saturated heterocycles. The predicted molar refractivity (Wildman–Crippen MR) is 85.8 cm³/mol. The van der Waals surface area contributed by atoms with Crippen LogP contribution < -0.4 is 5.43 Å². The first-order valence-corrected chi connectivity index (χ1v) is 6.90. The Kier molecular flexibility index (Phi) is 3.72. The summed E-state index contributed by atoms with van der Waals surface area (Å²) in [5, 5.41) is 23.4. The van der Waals surface area contributed by atoms with E-state index in [0.717, 1.165) is 5.56 Å². The van der Waals surface area contributed by atoms with E-state index < -0.39 is 5.91 Å². The largest absolute Gasteiger partial charge is 0.508 e. The molecule has 116 valence electrons. The molecule has 0 aliphatic carbocycles. The fourth-order valence-electron chi connectivity index (χ4n) is 2.27. The maximum Gasteiger partial charge on any atom is 0.307 e. The van der Waals surface area contributed by atoms with Crippen LogP contribution >= 0.6 is 0 Å². The van der Waals surface area contributed by atoms with Crippen LogP contribution in [-0.2, 0) is 0 Å². The molecule has 3 N–H and O–H groups in total. The number of nitrogens with one attached hydrogen (secondary N) is 1. The van der Waals surface area contributed by atoms with Crippen LogP contribution in [0.1, 0.15) is 21.7 Å². The summed E-state index contributed by atoms with van der Waals surface area (Å²) in [6.45, 7) is 1.70. The number of rotatable bonds is 3. The maximum absolute atomic E-state index is 12.2. The fraction of sp³-hybridized carbons (Fsp3) is 0.0588. The number of phenols is 2. The molecule has 0 saturated carbocycles. The van der Waals surface area contributed by atoms with Crippen molar-refractivity contribution in [1.82, 2.24) is 5.43 Å². The monoisotopic (exact) mass is 310 g/mol. The summed E-state index contributed by atoms with van der Waals surface area (Å²) in [4.78, 5) is 12.2. The Balaban J connectivity index is 1.80. The van der Waals surface area contributed by atoms with Gasteiger partial charge in [0.2, 0.25) is 0 Å². The van der Waals surface area contributed by atoms with Gasteiger partial charge in [0.1, 0.15) is 17.1 Å². The van der Waals surface area contributed by atoms with Crippen molar-refractivity contribution in [2.45, 2.75) is 6.92 Å². The number of amides is 1. The summed E-state index contributed by atoms with van der Waals surface area (Å²) in [5.41, 5.74) is 4.09. The second-order valence-corrected chi connectivity index (χ2v) is 5.00. The van der Waals surface area contributed by atoms with E-state index in [2.05, 4.69) is 10.5 Å². The van der Waals surface area contributed by atoms with E-state index in [9.17, 15) is 15.0 Å². The second-order valence-electron chi connectivity index (χ2n) is 5.00. The third-order valence-corrected chi connectivity index (χ3v) is 3.41. The Bertz CT molecular complexity index is 895. The average Bonchev–Trinajstić information content (AvgIpc) is 2.88. The predicted octanol–water partition coefficient (Wildman–Crippen LogP) is 2.92. The van der Waals surface area contributed by atoms with E-state index in [1.165, 1.54) is 24.4 Å². The van der Waals surface area contributed by atoms with Gasteiger partial charge >= 0.3 is 5.91 Å². The molecule has 2 aromatic carbocycles. The number of carbonyl (C=O) groups excluding carboxylic acids is 1. The molecular weight excluding hydrogens is 296 g/mol. The summed E-state index contributed by atoms with van der Waals surface area (Å²) in [7, 11) is 0. The number of hydrazone groups is 1. The quantitative estimate of drug-likeness (QED) is 0.512. The molecule has 23 heavy (non-hydrogen) atoms. The lowest BCUT2D eigenvalue weighted by Crippen LogP contribution is -2.17. The zero-order valence-electron chi connectivity index (χ0n) is 12.3. The molecular formula is C17H14N2O4. The number of carbonyl (C=O) groups is 1. The van der Waals surface area contributed by atoms with Crippen molar-refractivity contribution in [3.63, 3.8) is 0 Å². The number of benzene rings is 2. The highest BCUT2D eigenvalue weighted by Gasteiger charge is 2.19. The Morgan fingerprint density at radius 1 is 1.17 bits per heavy atom. The number of hydrogen-bond acceptors (Lipinski definition) is 5. The van der Waals surface area contributed by atoms with Crippen molar-refractivity contribution < 1.29 is 19.4 Å². The maximum atomic E-state index is 12.2. The number of phenolic OH excluding ortho intramolecular Hbond substituents is 2. The summed E-state index contributed by atoms with van der Waals surface area (Å²) >= 11 is 0. The summed E-state index contributed by atoms with van der Waals surface area (Å²) in [6.07, 6.45) is 1.45. The Morgan fingerprint density at radius 2 is 1.91 bits per heavy atom. The molecule has 0 radical (unpaired) electrons. The molecule has 0 bridgehead atoms. The van der Waals surface area contributed by atoms with E-state index in [4.69, 9.17) is 4.42 Å². The highest BCUT2D eigenvalue weighted by Crippen LogP contribution is 2.32. The van der Waals surface area contributed by atoms with Crippen molar-refractivity contribution in [1.29, 1.82) is 0 Å². The smallest absolute Gasteiger partial charge is 0.307 e. The molecule has 0 fully saturated rings. The first kappa shape index (κ1) is 14.6. The third kappa shape index (κ3) is 2.87. The zero-order valence-corrected chi connectivity index (χ0v) is 12.3. The van der Waals surface area contributed by atoms with Gasteiger partial charge in [-0.2, -0.15) is 5.10 Å². The lowest BCUT2D eigenvalue weighted by atomic mass is 10.1. The minimum atomic E-state index is -0.506. The molecule has 6 nitrogen and oxygen atoms in total. The molecule has 1 heterocycles. The first-order valence-electron chi connectivity index (χ1n) is 6.90. The van der Waals surface area contributed by atoms with Gasteiger partial charge in [-0.15, -0.1) is 0 Å². The molecule has 0 spiro atoms. The van der Waals surface area contributed by atoms with Crippen LogP contribution in [0.15, 0.2) is 52.0 Å². The van der Waals surface area contributed by atoms with Crippen LogP contribution in [0.3, 0.4) is 0 Å². The molecule has 3 aromatic rings. The van der Waals surface area contributed by atoms with Gasteiger partial charge in [-0.1, -0.05) is 6.07 Å². The highest BCUT2D eigenvalue weighted by atomic mass is 16.3. The van der Waals surface area contributed by atoms with Gasteiger partial charge < -0.3 is 14.6 Å². The molecule has 6 heteroatoms. The van der Waals surface area contributed by atoms with Gasteiger partial charge in [-0.05, 0) is 48.9 Å².